The molecular formula is C23H25N5O3. The number of phenols is 1. The van der Waals surface area contributed by atoms with Gasteiger partial charge in [0, 0.05) is 47.7 Å². The molecule has 3 aromatic rings. The van der Waals surface area contributed by atoms with Crippen LogP contribution in [0, 0.1) is 0 Å². The number of amides is 2. The molecule has 1 aliphatic carbocycles. The summed E-state index contributed by atoms with van der Waals surface area (Å²) < 4.78 is 1.42. The molecule has 2 aromatic heterocycles. The van der Waals surface area contributed by atoms with E-state index in [1.807, 2.05) is 13.0 Å². The molecule has 1 aromatic carbocycles. The molecule has 0 spiro atoms. The summed E-state index contributed by atoms with van der Waals surface area (Å²) in [6, 6.07) is 9.72. The van der Waals surface area contributed by atoms with Gasteiger partial charge in [0.05, 0.1) is 11.4 Å². The number of carbonyl (C=O) groups excluding carboxylic acids is 2. The number of hydrogen-bond acceptors (Lipinski definition) is 5. The first-order valence-electron chi connectivity index (χ1n) is 10.5. The Balaban J connectivity index is 1.61. The van der Waals surface area contributed by atoms with Crippen molar-refractivity contribution in [3.05, 3.63) is 60.0 Å². The van der Waals surface area contributed by atoms with E-state index < -0.39 is 0 Å². The molecule has 0 atom stereocenters. The Morgan fingerprint density at radius 3 is 2.55 bits per heavy atom. The van der Waals surface area contributed by atoms with Gasteiger partial charge in [-0.1, -0.05) is 12.8 Å². The number of carbonyl (C=O) groups is 2. The van der Waals surface area contributed by atoms with Crippen molar-refractivity contribution in [2.45, 2.75) is 38.5 Å². The topological polar surface area (TPSA) is 109 Å². The van der Waals surface area contributed by atoms with Gasteiger partial charge in [0.15, 0.2) is 0 Å². The van der Waals surface area contributed by atoms with E-state index in [1.54, 1.807) is 36.7 Å². The molecule has 4 rings (SSSR count). The van der Waals surface area contributed by atoms with Gasteiger partial charge in [-0.3, -0.25) is 9.78 Å². The van der Waals surface area contributed by atoms with Gasteiger partial charge in [0.2, 0.25) is 0 Å². The number of aromatic hydroxyl groups is 1. The van der Waals surface area contributed by atoms with Crippen molar-refractivity contribution in [2.75, 3.05) is 11.9 Å². The molecule has 1 fully saturated rings. The maximum atomic E-state index is 12.5. The number of aromatic nitrogens is 3. The zero-order valence-corrected chi connectivity index (χ0v) is 17.3. The summed E-state index contributed by atoms with van der Waals surface area (Å²) in [5.41, 5.74) is 2.83. The van der Waals surface area contributed by atoms with Crippen LogP contribution in [0.2, 0.25) is 0 Å². The van der Waals surface area contributed by atoms with Crippen molar-refractivity contribution in [1.82, 2.24) is 20.1 Å². The van der Waals surface area contributed by atoms with Gasteiger partial charge < -0.3 is 15.7 Å². The Hall–Kier alpha value is -3.68. The molecule has 8 nitrogen and oxygen atoms in total. The van der Waals surface area contributed by atoms with Crippen molar-refractivity contribution in [3.8, 4) is 17.0 Å². The molecule has 3 N–H and O–H groups in total. The van der Waals surface area contributed by atoms with E-state index in [9.17, 15) is 14.7 Å². The summed E-state index contributed by atoms with van der Waals surface area (Å²) in [4.78, 5) is 28.8. The second-order valence-corrected chi connectivity index (χ2v) is 7.61. The lowest BCUT2D eigenvalue weighted by molar-refractivity contribution is 0.102. The number of pyridine rings is 1. The van der Waals surface area contributed by atoms with E-state index in [0.717, 1.165) is 31.4 Å². The average Bonchev–Trinajstić information content (AvgIpc) is 3.45. The molecule has 2 heterocycles. The number of rotatable bonds is 5. The smallest absolute Gasteiger partial charge is 0.342 e. The van der Waals surface area contributed by atoms with Crippen LogP contribution < -0.4 is 10.6 Å². The van der Waals surface area contributed by atoms with Crippen LogP contribution in [0.4, 0.5) is 10.5 Å². The Morgan fingerprint density at radius 1 is 1.13 bits per heavy atom. The summed E-state index contributed by atoms with van der Waals surface area (Å²) in [5, 5.41) is 20.7. The van der Waals surface area contributed by atoms with Crippen LogP contribution in [-0.4, -0.2) is 38.4 Å². The summed E-state index contributed by atoms with van der Waals surface area (Å²) in [6.45, 7) is 2.37. The van der Waals surface area contributed by atoms with Crippen LogP contribution in [0.3, 0.4) is 0 Å². The molecule has 160 valence electrons. The first-order valence-corrected chi connectivity index (χ1v) is 10.5. The van der Waals surface area contributed by atoms with Crippen LogP contribution in [0.5, 0.6) is 5.75 Å². The molecule has 0 radical (unpaired) electrons. The molecule has 0 unspecified atom stereocenters. The zero-order valence-electron chi connectivity index (χ0n) is 17.3. The van der Waals surface area contributed by atoms with Crippen molar-refractivity contribution >= 4 is 17.6 Å². The highest BCUT2D eigenvalue weighted by molar-refractivity contribution is 6.04. The monoisotopic (exact) mass is 419 g/mol. The Bertz CT molecular complexity index is 1090. The predicted octanol–water partition coefficient (Wildman–Crippen LogP) is 4.14. The minimum atomic E-state index is -0.293. The number of nitrogens with one attached hydrogen (secondary N) is 2. The average molecular weight is 419 g/mol. The van der Waals surface area contributed by atoms with Crippen LogP contribution in [0.25, 0.3) is 11.3 Å². The quantitative estimate of drug-likeness (QED) is 0.576. The minimum Gasteiger partial charge on any atom is -0.507 e. The Labute approximate surface area is 180 Å². The zero-order chi connectivity index (χ0) is 21.8. The number of anilines is 1. The van der Waals surface area contributed by atoms with Gasteiger partial charge >= 0.3 is 6.03 Å². The second-order valence-electron chi connectivity index (χ2n) is 7.61. The van der Waals surface area contributed by atoms with Gasteiger partial charge in [0.1, 0.15) is 5.75 Å². The van der Waals surface area contributed by atoms with E-state index >= 15 is 0 Å². The predicted molar refractivity (Wildman–Crippen MR) is 117 cm³/mol. The van der Waals surface area contributed by atoms with E-state index in [4.69, 9.17) is 0 Å². The van der Waals surface area contributed by atoms with E-state index in [1.165, 1.54) is 10.7 Å². The van der Waals surface area contributed by atoms with Crippen LogP contribution in [-0.2, 0) is 0 Å². The standard InChI is InChI=1S/C23H25N5O3/c1-2-25-23(31)28-20(15-5-3-4-6-15)14-19(27-28)18-8-7-17(13-21(18)29)26-22(30)16-9-11-24-12-10-16/h7-15,29H,2-6H2,1H3,(H,25,31)(H,26,30). The van der Waals surface area contributed by atoms with Crippen molar-refractivity contribution in [1.29, 1.82) is 0 Å². The number of benzene rings is 1. The maximum Gasteiger partial charge on any atom is 0.342 e. The molecule has 31 heavy (non-hydrogen) atoms. The lowest BCUT2D eigenvalue weighted by atomic mass is 10.0. The molecule has 0 saturated heterocycles. The number of phenolic OH excluding ortho intramolecular Hbond substituents is 1. The first-order chi connectivity index (χ1) is 15.1. The lowest BCUT2D eigenvalue weighted by Gasteiger charge is -2.11. The summed E-state index contributed by atoms with van der Waals surface area (Å²) >= 11 is 0. The van der Waals surface area contributed by atoms with Gasteiger partial charge in [0.25, 0.3) is 5.91 Å². The highest BCUT2D eigenvalue weighted by Crippen LogP contribution is 2.37. The number of hydrogen-bond donors (Lipinski definition) is 3. The molecule has 8 heteroatoms. The van der Waals surface area contributed by atoms with E-state index in [0.29, 0.717) is 29.1 Å². The number of nitrogens with zero attached hydrogens (tertiary/aromatic N) is 3. The van der Waals surface area contributed by atoms with Crippen LogP contribution in [0.1, 0.15) is 54.6 Å². The van der Waals surface area contributed by atoms with Gasteiger partial charge in [-0.15, -0.1) is 0 Å². The molecular weight excluding hydrogens is 394 g/mol. The van der Waals surface area contributed by atoms with E-state index in [2.05, 4.69) is 20.7 Å². The lowest BCUT2D eigenvalue weighted by Crippen LogP contribution is -2.30. The third kappa shape index (κ3) is 4.42. The fourth-order valence-electron chi connectivity index (χ4n) is 3.96. The summed E-state index contributed by atoms with van der Waals surface area (Å²) in [5.74, 6) is -0.0328. The van der Waals surface area contributed by atoms with E-state index in [-0.39, 0.29) is 23.6 Å². The summed E-state index contributed by atoms with van der Waals surface area (Å²) in [6.07, 6.45) is 7.41. The van der Waals surface area contributed by atoms with Gasteiger partial charge in [-0.25, -0.2) is 4.79 Å². The highest BCUT2D eigenvalue weighted by atomic mass is 16.3. The highest BCUT2D eigenvalue weighted by Gasteiger charge is 2.25. The summed E-state index contributed by atoms with van der Waals surface area (Å²) in [7, 11) is 0. The van der Waals surface area contributed by atoms with Crippen molar-refractivity contribution in [3.63, 3.8) is 0 Å². The van der Waals surface area contributed by atoms with Crippen LogP contribution >= 0.6 is 0 Å². The fraction of sp³-hybridized carbons (Fsp3) is 0.304. The Kier molecular flexibility index (Phi) is 5.97. The normalized spacial score (nSPS) is 13.8. The maximum absolute atomic E-state index is 12.5. The van der Waals surface area contributed by atoms with Crippen molar-refractivity contribution < 1.29 is 14.7 Å². The molecule has 0 bridgehead atoms. The SMILES string of the molecule is CCNC(=O)n1nc(-c2ccc(NC(=O)c3ccncc3)cc2O)cc1C1CCCC1. The molecule has 1 aliphatic rings. The Morgan fingerprint density at radius 2 is 1.87 bits per heavy atom. The van der Waals surface area contributed by atoms with Gasteiger partial charge in [-0.2, -0.15) is 9.78 Å². The van der Waals surface area contributed by atoms with Gasteiger partial charge in [-0.05, 0) is 50.1 Å². The first kappa shape index (κ1) is 20.6. The van der Waals surface area contributed by atoms with Crippen molar-refractivity contribution in [2.24, 2.45) is 0 Å². The second kappa shape index (κ2) is 8.99. The molecule has 2 amide bonds. The minimum absolute atomic E-state index is 0.0222. The molecule has 1 saturated carbocycles. The fourth-order valence-corrected chi connectivity index (χ4v) is 3.96. The van der Waals surface area contributed by atoms with Crippen LogP contribution in [0.15, 0.2) is 48.8 Å². The largest absolute Gasteiger partial charge is 0.507 e. The molecule has 0 aliphatic heterocycles. The third-order valence-corrected chi connectivity index (χ3v) is 5.50. The third-order valence-electron chi connectivity index (χ3n) is 5.50.